The van der Waals surface area contributed by atoms with Crippen LogP contribution >= 0.6 is 0 Å². The first kappa shape index (κ1) is 12.2. The van der Waals surface area contributed by atoms with E-state index in [0.29, 0.717) is 18.7 Å². The second kappa shape index (κ2) is 4.57. The number of aromatic carboxylic acids is 1. The number of carboxylic acids is 1. The Balaban J connectivity index is 2.14. The zero-order chi connectivity index (χ0) is 13.2. The van der Waals surface area contributed by atoms with Crippen molar-refractivity contribution in [1.82, 2.24) is 0 Å². The summed E-state index contributed by atoms with van der Waals surface area (Å²) in [6.07, 6.45) is 2.31. The van der Waals surface area contributed by atoms with E-state index in [9.17, 15) is 4.79 Å². The molecule has 5 heteroatoms. The number of anilines is 1. The van der Waals surface area contributed by atoms with E-state index in [0.717, 1.165) is 12.8 Å². The van der Waals surface area contributed by atoms with Gasteiger partial charge in [0.1, 0.15) is 5.56 Å². The number of carbonyl (C=O) groups is 1. The minimum Gasteiger partial charge on any atom is -0.490 e. The number of ether oxygens (including phenoxy) is 1. The van der Waals surface area contributed by atoms with E-state index >= 15 is 0 Å². The first-order valence-electron chi connectivity index (χ1n) is 5.69. The van der Waals surface area contributed by atoms with Gasteiger partial charge in [-0.05, 0) is 25.0 Å². The van der Waals surface area contributed by atoms with Crippen molar-refractivity contribution in [1.29, 1.82) is 5.26 Å². The first-order chi connectivity index (χ1) is 8.58. The standard InChI is InChI=1S/C13H14N2O3/c14-7-6-13(4-5-13)8-18-11-9(12(16)17)2-1-3-10(11)15/h1-3H,4-6,8,15H2,(H,16,17). The second-order valence-electron chi connectivity index (χ2n) is 4.65. The fraction of sp³-hybridized carbons (Fsp3) is 0.385. The van der Waals surface area contributed by atoms with Crippen molar-refractivity contribution >= 4 is 11.7 Å². The van der Waals surface area contributed by atoms with Crippen LogP contribution in [0.4, 0.5) is 5.69 Å². The summed E-state index contributed by atoms with van der Waals surface area (Å²) in [4.78, 5) is 11.1. The van der Waals surface area contributed by atoms with Crippen LogP contribution in [0.3, 0.4) is 0 Å². The molecule has 1 aromatic rings. The van der Waals surface area contributed by atoms with E-state index < -0.39 is 5.97 Å². The van der Waals surface area contributed by atoms with Crippen LogP contribution in [0.5, 0.6) is 5.75 Å². The number of nitriles is 1. The van der Waals surface area contributed by atoms with Crippen LogP contribution in [0.15, 0.2) is 18.2 Å². The normalized spacial score (nSPS) is 15.7. The average molecular weight is 246 g/mol. The van der Waals surface area contributed by atoms with Gasteiger partial charge >= 0.3 is 5.97 Å². The van der Waals surface area contributed by atoms with Crippen LogP contribution in [0, 0.1) is 16.7 Å². The SMILES string of the molecule is N#CCC1(COc2c(N)cccc2C(=O)O)CC1. The molecule has 0 radical (unpaired) electrons. The van der Waals surface area contributed by atoms with Gasteiger partial charge in [0.05, 0.1) is 18.4 Å². The molecule has 0 amide bonds. The van der Waals surface area contributed by atoms with E-state index in [1.54, 1.807) is 12.1 Å². The predicted molar refractivity (Wildman–Crippen MR) is 65.2 cm³/mol. The van der Waals surface area contributed by atoms with Gasteiger partial charge in [0, 0.05) is 11.8 Å². The van der Waals surface area contributed by atoms with Gasteiger partial charge in [0.25, 0.3) is 0 Å². The lowest BCUT2D eigenvalue weighted by molar-refractivity contribution is 0.0691. The van der Waals surface area contributed by atoms with E-state index in [4.69, 9.17) is 20.8 Å². The van der Waals surface area contributed by atoms with E-state index in [-0.39, 0.29) is 16.7 Å². The summed E-state index contributed by atoms with van der Waals surface area (Å²) >= 11 is 0. The first-order valence-corrected chi connectivity index (χ1v) is 5.69. The third-order valence-corrected chi connectivity index (χ3v) is 3.21. The Morgan fingerprint density at radius 1 is 1.56 bits per heavy atom. The largest absolute Gasteiger partial charge is 0.490 e. The molecule has 0 heterocycles. The van der Waals surface area contributed by atoms with Gasteiger partial charge in [-0.25, -0.2) is 4.79 Å². The van der Waals surface area contributed by atoms with Crippen molar-refractivity contribution in [3.8, 4) is 11.8 Å². The molecule has 1 aromatic carbocycles. The van der Waals surface area contributed by atoms with E-state index in [2.05, 4.69) is 6.07 Å². The van der Waals surface area contributed by atoms with Gasteiger partial charge in [-0.2, -0.15) is 5.26 Å². The Morgan fingerprint density at radius 3 is 2.83 bits per heavy atom. The number of nitrogens with zero attached hydrogens (tertiary/aromatic N) is 1. The molecule has 2 rings (SSSR count). The third-order valence-electron chi connectivity index (χ3n) is 3.21. The molecule has 0 aliphatic heterocycles. The highest BCUT2D eigenvalue weighted by molar-refractivity contribution is 5.93. The number of hydrogen-bond acceptors (Lipinski definition) is 4. The molecular formula is C13H14N2O3. The molecule has 0 bridgehead atoms. The Hall–Kier alpha value is -2.22. The smallest absolute Gasteiger partial charge is 0.339 e. The van der Waals surface area contributed by atoms with Crippen molar-refractivity contribution < 1.29 is 14.6 Å². The summed E-state index contributed by atoms with van der Waals surface area (Å²) in [7, 11) is 0. The Kier molecular flexibility index (Phi) is 3.11. The quantitative estimate of drug-likeness (QED) is 0.775. The molecular weight excluding hydrogens is 232 g/mol. The Morgan fingerprint density at radius 2 is 2.28 bits per heavy atom. The van der Waals surface area contributed by atoms with Crippen LogP contribution in [0.25, 0.3) is 0 Å². The number of benzene rings is 1. The van der Waals surface area contributed by atoms with E-state index in [1.807, 2.05) is 0 Å². The molecule has 1 aliphatic carbocycles. The third kappa shape index (κ3) is 2.38. The van der Waals surface area contributed by atoms with Gasteiger partial charge < -0.3 is 15.6 Å². The molecule has 3 N–H and O–H groups in total. The fourth-order valence-electron chi connectivity index (χ4n) is 1.83. The number of nitrogens with two attached hydrogens (primary N) is 1. The van der Waals surface area contributed by atoms with Crippen molar-refractivity contribution in [2.45, 2.75) is 19.3 Å². The van der Waals surface area contributed by atoms with Crippen molar-refractivity contribution in [2.24, 2.45) is 5.41 Å². The number of nitrogen functional groups attached to an aromatic ring is 1. The molecule has 1 fully saturated rings. The van der Waals surface area contributed by atoms with Crippen LogP contribution in [0.1, 0.15) is 29.6 Å². The van der Waals surface area contributed by atoms with Gasteiger partial charge in [0.15, 0.2) is 5.75 Å². The molecule has 0 atom stereocenters. The lowest BCUT2D eigenvalue weighted by Crippen LogP contribution is -2.15. The van der Waals surface area contributed by atoms with Crippen molar-refractivity contribution in [2.75, 3.05) is 12.3 Å². The molecule has 0 spiro atoms. The maximum atomic E-state index is 11.1. The molecule has 94 valence electrons. The van der Waals surface area contributed by atoms with Crippen LogP contribution in [-0.4, -0.2) is 17.7 Å². The lowest BCUT2D eigenvalue weighted by atomic mass is 10.1. The summed E-state index contributed by atoms with van der Waals surface area (Å²) in [5.41, 5.74) is 5.99. The minimum absolute atomic E-state index is 0.0581. The predicted octanol–water partition coefficient (Wildman–Crippen LogP) is 2.04. The van der Waals surface area contributed by atoms with Crippen LogP contribution in [-0.2, 0) is 0 Å². The summed E-state index contributed by atoms with van der Waals surface area (Å²) in [5.74, 6) is -0.864. The molecule has 0 saturated heterocycles. The Labute approximate surface area is 105 Å². The maximum Gasteiger partial charge on any atom is 0.339 e. The summed E-state index contributed by atoms with van der Waals surface area (Å²) in [5, 5.41) is 17.8. The summed E-state index contributed by atoms with van der Waals surface area (Å²) in [6.45, 7) is 0.342. The van der Waals surface area contributed by atoms with E-state index in [1.165, 1.54) is 6.07 Å². The number of para-hydroxylation sites is 1. The highest BCUT2D eigenvalue weighted by Crippen LogP contribution is 2.49. The molecule has 5 nitrogen and oxygen atoms in total. The van der Waals surface area contributed by atoms with Crippen LogP contribution in [0.2, 0.25) is 0 Å². The molecule has 0 aromatic heterocycles. The monoisotopic (exact) mass is 246 g/mol. The Bertz CT molecular complexity index is 515. The van der Waals surface area contributed by atoms with Gasteiger partial charge in [-0.3, -0.25) is 0 Å². The zero-order valence-electron chi connectivity index (χ0n) is 9.85. The zero-order valence-corrected chi connectivity index (χ0v) is 9.85. The second-order valence-corrected chi connectivity index (χ2v) is 4.65. The maximum absolute atomic E-state index is 11.1. The summed E-state index contributed by atoms with van der Waals surface area (Å²) in [6, 6.07) is 6.77. The van der Waals surface area contributed by atoms with Gasteiger partial charge in [-0.1, -0.05) is 6.07 Å². The number of hydrogen-bond donors (Lipinski definition) is 2. The van der Waals surface area contributed by atoms with Crippen molar-refractivity contribution in [3.63, 3.8) is 0 Å². The molecule has 1 aliphatic rings. The van der Waals surface area contributed by atoms with Crippen molar-refractivity contribution in [3.05, 3.63) is 23.8 Å². The van der Waals surface area contributed by atoms with Gasteiger partial charge in [-0.15, -0.1) is 0 Å². The molecule has 1 saturated carbocycles. The summed E-state index contributed by atoms with van der Waals surface area (Å²) < 4.78 is 5.55. The molecule has 0 unspecified atom stereocenters. The van der Waals surface area contributed by atoms with Crippen LogP contribution < -0.4 is 10.5 Å². The fourth-order valence-corrected chi connectivity index (χ4v) is 1.83. The molecule has 18 heavy (non-hydrogen) atoms. The number of carboxylic acid groups (broad SMARTS) is 1. The highest BCUT2D eigenvalue weighted by Gasteiger charge is 2.43. The minimum atomic E-state index is -1.07. The topological polar surface area (TPSA) is 96.3 Å². The lowest BCUT2D eigenvalue weighted by Gasteiger charge is -2.15. The number of rotatable bonds is 5. The highest BCUT2D eigenvalue weighted by atomic mass is 16.5. The van der Waals surface area contributed by atoms with Gasteiger partial charge in [0.2, 0.25) is 0 Å². The average Bonchev–Trinajstić information content (AvgIpc) is 3.08.